The first-order chi connectivity index (χ1) is 7.15. The Morgan fingerprint density at radius 3 is 2.67 bits per heavy atom. The van der Waals surface area contributed by atoms with Gasteiger partial charge in [0.1, 0.15) is 11.6 Å². The summed E-state index contributed by atoms with van der Waals surface area (Å²) >= 11 is 0. The van der Waals surface area contributed by atoms with Crippen LogP contribution in [0.5, 0.6) is 0 Å². The fraction of sp³-hybridized carbons (Fsp3) is 0.455. The predicted molar refractivity (Wildman–Crippen MR) is 52.2 cm³/mol. The fourth-order valence-electron chi connectivity index (χ4n) is 1.50. The summed E-state index contributed by atoms with van der Waals surface area (Å²) in [5, 5.41) is 12.1. The van der Waals surface area contributed by atoms with Gasteiger partial charge in [-0.15, -0.1) is 0 Å². The molecule has 2 nitrogen and oxygen atoms in total. The molecule has 0 radical (unpaired) electrons. The van der Waals surface area contributed by atoms with E-state index in [0.717, 1.165) is 25.0 Å². The lowest BCUT2D eigenvalue weighted by atomic mass is 10.2. The quantitative estimate of drug-likeness (QED) is 0.795. The van der Waals surface area contributed by atoms with Crippen LogP contribution in [0.15, 0.2) is 18.2 Å². The molecule has 4 heteroatoms. The number of hydrogen-bond acceptors (Lipinski definition) is 2. The Bertz CT molecular complexity index is 364. The molecule has 0 spiro atoms. The lowest BCUT2D eigenvalue weighted by Crippen LogP contribution is -2.34. The summed E-state index contributed by atoms with van der Waals surface area (Å²) in [4.78, 5) is 0. The van der Waals surface area contributed by atoms with Gasteiger partial charge in [-0.25, -0.2) is 8.78 Å². The summed E-state index contributed by atoms with van der Waals surface area (Å²) < 4.78 is 26.0. The molecule has 0 unspecified atom stereocenters. The highest BCUT2D eigenvalue weighted by atomic mass is 19.1. The highest BCUT2D eigenvalue weighted by Crippen LogP contribution is 2.34. The molecule has 0 bridgehead atoms. The zero-order chi connectivity index (χ0) is 10.9. The van der Waals surface area contributed by atoms with Gasteiger partial charge in [-0.05, 0) is 31.0 Å². The van der Waals surface area contributed by atoms with E-state index in [4.69, 9.17) is 5.11 Å². The number of benzene rings is 1. The van der Waals surface area contributed by atoms with Gasteiger partial charge in [0, 0.05) is 17.6 Å². The third kappa shape index (κ3) is 2.33. The van der Waals surface area contributed by atoms with Gasteiger partial charge >= 0.3 is 0 Å². The van der Waals surface area contributed by atoms with E-state index in [1.165, 1.54) is 6.07 Å². The molecule has 1 fully saturated rings. The Balaban J connectivity index is 2.01. The zero-order valence-electron chi connectivity index (χ0n) is 8.26. The maximum absolute atomic E-state index is 13.2. The largest absolute Gasteiger partial charge is 0.394 e. The lowest BCUT2D eigenvalue weighted by molar-refractivity contribution is 0.229. The first-order valence-electron chi connectivity index (χ1n) is 4.95. The van der Waals surface area contributed by atoms with Gasteiger partial charge in [-0.2, -0.15) is 0 Å². The second-order valence-corrected chi connectivity index (χ2v) is 4.03. The Kier molecular flexibility index (Phi) is 2.71. The first-order valence-corrected chi connectivity index (χ1v) is 4.95. The molecular formula is C11H13F2NO. The molecule has 0 heterocycles. The molecule has 15 heavy (non-hydrogen) atoms. The van der Waals surface area contributed by atoms with Crippen LogP contribution < -0.4 is 5.32 Å². The Morgan fingerprint density at radius 2 is 2.07 bits per heavy atom. The zero-order valence-corrected chi connectivity index (χ0v) is 8.26. The molecule has 0 aliphatic heterocycles. The van der Waals surface area contributed by atoms with Crippen molar-refractivity contribution in [2.24, 2.45) is 0 Å². The minimum atomic E-state index is -0.443. The van der Waals surface area contributed by atoms with Gasteiger partial charge in [0.15, 0.2) is 0 Å². The summed E-state index contributed by atoms with van der Waals surface area (Å²) in [6.45, 7) is 0.300. The maximum Gasteiger partial charge on any atom is 0.127 e. The molecule has 1 aliphatic rings. The van der Waals surface area contributed by atoms with E-state index in [9.17, 15) is 8.78 Å². The maximum atomic E-state index is 13.2. The van der Waals surface area contributed by atoms with E-state index < -0.39 is 11.6 Å². The Morgan fingerprint density at radius 1 is 1.33 bits per heavy atom. The summed E-state index contributed by atoms with van der Waals surface area (Å²) in [7, 11) is 0. The SMILES string of the molecule is OCC1(NCc2cc(F)ccc2F)CC1. The molecule has 2 N–H and O–H groups in total. The number of halogens is 2. The third-order valence-corrected chi connectivity index (χ3v) is 2.82. The molecule has 1 aromatic carbocycles. The predicted octanol–water partition coefficient (Wildman–Crippen LogP) is 1.58. The van der Waals surface area contributed by atoms with Crippen LogP contribution in [0.4, 0.5) is 8.78 Å². The molecule has 0 aromatic heterocycles. The second-order valence-electron chi connectivity index (χ2n) is 4.03. The summed E-state index contributed by atoms with van der Waals surface area (Å²) in [6.07, 6.45) is 1.78. The smallest absolute Gasteiger partial charge is 0.127 e. The molecule has 2 rings (SSSR count). The highest BCUT2D eigenvalue weighted by molar-refractivity contribution is 5.19. The summed E-state index contributed by atoms with van der Waals surface area (Å²) in [5.74, 6) is -0.861. The van der Waals surface area contributed by atoms with Crippen molar-refractivity contribution in [2.45, 2.75) is 24.9 Å². The van der Waals surface area contributed by atoms with Gasteiger partial charge in [-0.3, -0.25) is 0 Å². The molecule has 0 saturated heterocycles. The normalized spacial score (nSPS) is 17.8. The number of nitrogens with one attached hydrogen (secondary N) is 1. The minimum Gasteiger partial charge on any atom is -0.394 e. The fourth-order valence-corrected chi connectivity index (χ4v) is 1.50. The van der Waals surface area contributed by atoms with E-state index in [0.29, 0.717) is 5.56 Å². The van der Waals surface area contributed by atoms with Crippen LogP contribution in [0.25, 0.3) is 0 Å². The van der Waals surface area contributed by atoms with Crippen LogP contribution in [-0.4, -0.2) is 17.3 Å². The average Bonchev–Trinajstić information content (AvgIpc) is 3.00. The van der Waals surface area contributed by atoms with Gasteiger partial charge in [-0.1, -0.05) is 0 Å². The Labute approximate surface area is 86.9 Å². The molecule has 0 amide bonds. The van der Waals surface area contributed by atoms with Crippen molar-refractivity contribution in [3.05, 3.63) is 35.4 Å². The van der Waals surface area contributed by atoms with Crippen molar-refractivity contribution >= 4 is 0 Å². The first kappa shape index (κ1) is 10.5. The number of aliphatic hydroxyl groups is 1. The molecule has 82 valence electrons. The van der Waals surface area contributed by atoms with Crippen molar-refractivity contribution in [2.75, 3.05) is 6.61 Å². The van der Waals surface area contributed by atoms with Gasteiger partial charge in [0.25, 0.3) is 0 Å². The van der Waals surface area contributed by atoms with Crippen LogP contribution in [0.2, 0.25) is 0 Å². The van der Waals surface area contributed by atoms with Gasteiger partial charge in [0.2, 0.25) is 0 Å². The number of rotatable bonds is 4. The van der Waals surface area contributed by atoms with Crippen molar-refractivity contribution in [1.82, 2.24) is 5.32 Å². The van der Waals surface area contributed by atoms with Crippen molar-refractivity contribution in [3.8, 4) is 0 Å². The molecule has 0 atom stereocenters. The van der Waals surface area contributed by atoms with Crippen LogP contribution in [0.3, 0.4) is 0 Å². The third-order valence-electron chi connectivity index (χ3n) is 2.82. The number of aliphatic hydroxyl groups excluding tert-OH is 1. The van der Waals surface area contributed by atoms with Crippen LogP contribution >= 0.6 is 0 Å². The minimum absolute atomic E-state index is 0.0456. The van der Waals surface area contributed by atoms with Crippen molar-refractivity contribution in [1.29, 1.82) is 0 Å². The number of hydrogen-bond donors (Lipinski definition) is 2. The molecule has 1 saturated carbocycles. The lowest BCUT2D eigenvalue weighted by Gasteiger charge is -2.14. The van der Waals surface area contributed by atoms with Gasteiger partial charge < -0.3 is 10.4 Å². The van der Waals surface area contributed by atoms with E-state index in [1.807, 2.05) is 0 Å². The van der Waals surface area contributed by atoms with E-state index >= 15 is 0 Å². The van der Waals surface area contributed by atoms with Crippen LogP contribution in [0, 0.1) is 11.6 Å². The van der Waals surface area contributed by atoms with E-state index in [1.54, 1.807) is 0 Å². The average molecular weight is 213 g/mol. The van der Waals surface area contributed by atoms with Crippen LogP contribution in [0.1, 0.15) is 18.4 Å². The summed E-state index contributed by atoms with van der Waals surface area (Å²) in [6, 6.07) is 3.39. The van der Waals surface area contributed by atoms with E-state index in [-0.39, 0.29) is 18.7 Å². The Hall–Kier alpha value is -1.00. The second kappa shape index (κ2) is 3.87. The summed E-state index contributed by atoms with van der Waals surface area (Å²) in [5.41, 5.74) is 0.0494. The van der Waals surface area contributed by atoms with Crippen LogP contribution in [-0.2, 0) is 6.54 Å². The highest BCUT2D eigenvalue weighted by Gasteiger charge is 2.41. The molecule has 1 aromatic rings. The topological polar surface area (TPSA) is 32.3 Å². The monoisotopic (exact) mass is 213 g/mol. The molecular weight excluding hydrogens is 200 g/mol. The van der Waals surface area contributed by atoms with E-state index in [2.05, 4.69) is 5.32 Å². The van der Waals surface area contributed by atoms with Gasteiger partial charge in [0.05, 0.1) is 6.61 Å². The standard InChI is InChI=1S/C11H13F2NO/c12-9-1-2-10(13)8(5-9)6-14-11(7-15)3-4-11/h1-2,5,14-15H,3-4,6-7H2. The molecule has 1 aliphatic carbocycles. The van der Waals surface area contributed by atoms with Crippen molar-refractivity contribution in [3.63, 3.8) is 0 Å². The van der Waals surface area contributed by atoms with Crippen molar-refractivity contribution < 1.29 is 13.9 Å².